The van der Waals surface area contributed by atoms with Crippen LogP contribution in [-0.4, -0.2) is 34.4 Å². The molecule has 1 aliphatic heterocycles. The van der Waals surface area contributed by atoms with Gasteiger partial charge in [0.05, 0.1) is 22.8 Å². The first-order chi connectivity index (χ1) is 22.7. The van der Waals surface area contributed by atoms with Gasteiger partial charge in [-0.15, -0.1) is 0 Å². The zero-order valence-electron chi connectivity index (χ0n) is 27.7. The van der Waals surface area contributed by atoms with E-state index in [0.717, 1.165) is 24.0 Å². The van der Waals surface area contributed by atoms with Crippen molar-refractivity contribution in [3.8, 4) is 16.8 Å². The number of nitrogens with zero attached hydrogens (tertiary/aromatic N) is 2. The molecule has 1 aromatic heterocycles. The van der Waals surface area contributed by atoms with Crippen LogP contribution in [0.15, 0.2) is 121 Å². The molecule has 1 N–H and O–H groups in total. The largest absolute Gasteiger partial charge is 0.427 e. The summed E-state index contributed by atoms with van der Waals surface area (Å²) in [5.41, 5.74) is 10.9. The molecule has 2 atom stereocenters. The van der Waals surface area contributed by atoms with E-state index in [1.54, 1.807) is 13.8 Å². The van der Waals surface area contributed by atoms with E-state index in [1.807, 2.05) is 13.8 Å². The summed E-state index contributed by atoms with van der Waals surface area (Å²) in [7, 11) is 0.431. The van der Waals surface area contributed by atoms with E-state index in [0.29, 0.717) is 7.48 Å². The third kappa shape index (κ3) is 5.09. The molecule has 3 aliphatic rings. The second kappa shape index (κ2) is 11.3. The fourth-order valence-corrected chi connectivity index (χ4v) is 7.35. The summed E-state index contributed by atoms with van der Waals surface area (Å²) in [5.74, 6) is 0.263. The van der Waals surface area contributed by atoms with Crippen LogP contribution in [0.25, 0.3) is 33.8 Å². The zero-order valence-corrected chi connectivity index (χ0v) is 27.7. The van der Waals surface area contributed by atoms with Crippen LogP contribution in [-0.2, 0) is 11.1 Å². The molecule has 5 heteroatoms. The molecule has 0 bridgehead atoms. The van der Waals surface area contributed by atoms with E-state index in [9.17, 15) is 5.11 Å². The maximum Gasteiger partial charge on any atom is 0.309 e. The lowest BCUT2D eigenvalue weighted by molar-refractivity contribution is -0.0893. The summed E-state index contributed by atoms with van der Waals surface area (Å²) in [4.78, 5) is 2.47. The molecule has 8 rings (SSSR count). The molecular formula is C42H41BN2O2. The van der Waals surface area contributed by atoms with Gasteiger partial charge in [-0.2, -0.15) is 0 Å². The molecule has 0 radical (unpaired) electrons. The molecule has 0 saturated carbocycles. The van der Waals surface area contributed by atoms with Gasteiger partial charge in [0.15, 0.2) is 0 Å². The Morgan fingerprint density at radius 2 is 1.60 bits per heavy atom. The minimum absolute atomic E-state index is 0.200. The summed E-state index contributed by atoms with van der Waals surface area (Å²) < 4.78 is 8.70. The van der Waals surface area contributed by atoms with Gasteiger partial charge in [-0.3, -0.25) is 0 Å². The lowest BCUT2D eigenvalue weighted by Gasteiger charge is -2.37. The summed E-state index contributed by atoms with van der Waals surface area (Å²) in [6.45, 7) is 7.48. The molecule has 2 heterocycles. The maximum atomic E-state index is 10.6. The van der Waals surface area contributed by atoms with E-state index in [-0.39, 0.29) is 12.0 Å². The van der Waals surface area contributed by atoms with Gasteiger partial charge in [0.25, 0.3) is 0 Å². The van der Waals surface area contributed by atoms with E-state index < -0.39 is 11.2 Å². The van der Waals surface area contributed by atoms with Crippen LogP contribution in [0.3, 0.4) is 0 Å². The first-order valence-electron chi connectivity index (χ1n) is 16.8. The fourth-order valence-electron chi connectivity index (χ4n) is 7.35. The molecule has 0 spiro atoms. The number of allylic oxidation sites excluding steroid dienone is 3. The molecule has 4 nitrogen and oxygen atoms in total. The molecule has 0 amide bonds. The summed E-state index contributed by atoms with van der Waals surface area (Å²) in [6.07, 6.45) is 15.7. The smallest absolute Gasteiger partial charge is 0.309 e. The van der Waals surface area contributed by atoms with E-state index in [4.69, 9.17) is 4.65 Å². The van der Waals surface area contributed by atoms with Crippen molar-refractivity contribution >= 4 is 41.3 Å². The van der Waals surface area contributed by atoms with Crippen LogP contribution in [0.5, 0.6) is 0 Å². The van der Waals surface area contributed by atoms with Crippen molar-refractivity contribution in [3.63, 3.8) is 0 Å². The van der Waals surface area contributed by atoms with Crippen molar-refractivity contribution in [1.29, 1.82) is 0 Å². The molecule has 0 saturated heterocycles. The fraction of sp³-hybridized carbons (Fsp3) is 0.238. The predicted molar refractivity (Wildman–Crippen MR) is 198 cm³/mol. The Kier molecular flexibility index (Phi) is 7.16. The monoisotopic (exact) mass is 616 g/mol. The maximum absolute atomic E-state index is 10.6. The lowest BCUT2D eigenvalue weighted by atomic mass is 9.82. The van der Waals surface area contributed by atoms with Crippen molar-refractivity contribution in [3.05, 3.63) is 138 Å². The van der Waals surface area contributed by atoms with Gasteiger partial charge in [-0.1, -0.05) is 90.4 Å². The number of anilines is 2. The van der Waals surface area contributed by atoms with Crippen LogP contribution in [0.1, 0.15) is 56.9 Å². The molecule has 5 aromatic rings. The molecule has 47 heavy (non-hydrogen) atoms. The third-order valence-electron chi connectivity index (χ3n) is 10.6. The number of fused-ring (bicyclic) bond motifs is 6. The highest BCUT2D eigenvalue weighted by molar-refractivity contribution is 6.47. The highest BCUT2D eigenvalue weighted by atomic mass is 16.5. The molecule has 0 fully saturated rings. The van der Waals surface area contributed by atoms with Gasteiger partial charge in [0.1, 0.15) is 0 Å². The number of hydrogen-bond donors (Lipinski definition) is 1. The Labute approximate surface area is 278 Å². The zero-order chi connectivity index (χ0) is 32.3. The van der Waals surface area contributed by atoms with Crippen molar-refractivity contribution < 1.29 is 9.76 Å². The number of rotatable bonds is 7. The van der Waals surface area contributed by atoms with Gasteiger partial charge in [-0.05, 0) is 99.7 Å². The van der Waals surface area contributed by atoms with Crippen LogP contribution >= 0.6 is 0 Å². The normalized spacial score (nSPS) is 18.4. The quantitative estimate of drug-likeness (QED) is 0.186. The highest BCUT2D eigenvalue weighted by Crippen LogP contribution is 2.48. The van der Waals surface area contributed by atoms with E-state index in [2.05, 4.69) is 137 Å². The minimum Gasteiger partial charge on any atom is -0.427 e. The van der Waals surface area contributed by atoms with Crippen LogP contribution in [0.4, 0.5) is 11.4 Å². The summed E-state index contributed by atoms with van der Waals surface area (Å²) in [6, 6.07) is 33.6. The number of hydrogen-bond acceptors (Lipinski definition) is 3. The molecule has 234 valence electrons. The Balaban J connectivity index is 1.15. The van der Waals surface area contributed by atoms with Gasteiger partial charge in [0.2, 0.25) is 0 Å². The topological polar surface area (TPSA) is 37.6 Å². The van der Waals surface area contributed by atoms with Crippen molar-refractivity contribution in [2.24, 2.45) is 0 Å². The SMILES string of the molecule is CC(C)(O)C(C)(C)OBc1cccc(N2c3ccc(-c4cccc(-n5c6c(c7ccccc75)C=CCC6)c4)cc3C3C=CC=CC32)c1. The second-order valence-electron chi connectivity index (χ2n) is 14.2. The Hall–Kier alpha value is -4.58. The molecule has 2 aliphatic carbocycles. The van der Waals surface area contributed by atoms with E-state index in [1.165, 1.54) is 50.2 Å². The molecular weight excluding hydrogens is 575 g/mol. The average Bonchev–Trinajstić information content (AvgIpc) is 3.60. The standard InChI is InChI=1S/C42H41BN2O2/c1-41(2,46)42(3,4)47-43-30-14-12-16-32(27-30)45-39-22-10-7-19-35(39)36-26-29(23-24-40(36)45)28-13-11-15-31(25-28)44-37-20-8-5-17-33(37)34-18-6-9-21-38(34)44/h5-8,10-20,22-27,35,39,43,46H,9,21H2,1-4H3. The van der Waals surface area contributed by atoms with Gasteiger partial charge < -0.3 is 19.2 Å². The predicted octanol–water partition coefficient (Wildman–Crippen LogP) is 8.53. The van der Waals surface area contributed by atoms with Crippen molar-refractivity contribution in [2.45, 2.75) is 63.7 Å². The lowest BCUT2D eigenvalue weighted by Crippen LogP contribution is -2.49. The highest BCUT2D eigenvalue weighted by Gasteiger charge is 2.38. The molecule has 4 aromatic carbocycles. The number of aliphatic hydroxyl groups is 1. The second-order valence-corrected chi connectivity index (χ2v) is 14.2. The Morgan fingerprint density at radius 1 is 0.809 bits per heavy atom. The number of aromatic nitrogens is 1. The third-order valence-corrected chi connectivity index (χ3v) is 10.6. The van der Waals surface area contributed by atoms with Crippen molar-refractivity contribution in [1.82, 2.24) is 4.57 Å². The van der Waals surface area contributed by atoms with Gasteiger partial charge >= 0.3 is 7.48 Å². The van der Waals surface area contributed by atoms with Crippen LogP contribution in [0, 0.1) is 0 Å². The number of benzene rings is 4. The van der Waals surface area contributed by atoms with Gasteiger partial charge in [-0.25, -0.2) is 0 Å². The number of para-hydroxylation sites is 1. The van der Waals surface area contributed by atoms with Crippen molar-refractivity contribution in [2.75, 3.05) is 4.90 Å². The van der Waals surface area contributed by atoms with E-state index >= 15 is 0 Å². The average molecular weight is 617 g/mol. The summed E-state index contributed by atoms with van der Waals surface area (Å²) in [5, 5.41) is 11.9. The Morgan fingerprint density at radius 3 is 2.47 bits per heavy atom. The first-order valence-corrected chi connectivity index (χ1v) is 16.8. The Bertz CT molecular complexity index is 2090. The minimum atomic E-state index is -0.950. The van der Waals surface area contributed by atoms with Crippen LogP contribution < -0.4 is 10.4 Å². The summed E-state index contributed by atoms with van der Waals surface area (Å²) >= 11 is 0. The molecule has 2 unspecified atom stereocenters. The van der Waals surface area contributed by atoms with Gasteiger partial charge in [0, 0.05) is 39.6 Å². The van der Waals surface area contributed by atoms with Crippen LogP contribution in [0.2, 0.25) is 0 Å². The first kappa shape index (κ1) is 29.8.